The second-order valence-corrected chi connectivity index (χ2v) is 15.8. The van der Waals surface area contributed by atoms with Crippen molar-refractivity contribution in [3.8, 4) is 0 Å². The van der Waals surface area contributed by atoms with Gasteiger partial charge in [-0.1, -0.05) is 111 Å². The van der Waals surface area contributed by atoms with Crippen molar-refractivity contribution < 1.29 is 0 Å². The van der Waals surface area contributed by atoms with Crippen LogP contribution < -0.4 is 4.67 Å². The summed E-state index contributed by atoms with van der Waals surface area (Å²) in [5, 5.41) is 2.58. The quantitative estimate of drug-likeness (QED) is 0.194. The van der Waals surface area contributed by atoms with Crippen molar-refractivity contribution >= 4 is 23.9 Å². The molecule has 0 radical (unpaired) electrons. The average Bonchev–Trinajstić information content (AvgIpc) is 3.25. The number of benzene rings is 2. The number of anilines is 1. The van der Waals surface area contributed by atoms with E-state index in [9.17, 15) is 0 Å². The topological polar surface area (TPSA) is 6.48 Å². The van der Waals surface area contributed by atoms with Gasteiger partial charge >= 0.3 is 0 Å². The number of likely N-dealkylation sites (N-methyl/N-ethyl adjacent to an activating group) is 1. The maximum Gasteiger partial charge on any atom is 0.123 e. The van der Waals surface area contributed by atoms with E-state index in [-0.39, 0.29) is 5.92 Å². The first-order valence-electron chi connectivity index (χ1n) is 15.1. The van der Waals surface area contributed by atoms with E-state index in [1.165, 1.54) is 28.5 Å². The van der Waals surface area contributed by atoms with Crippen LogP contribution in [0.25, 0.3) is 10.8 Å². The molecule has 0 saturated heterocycles. The molecule has 2 nitrogen and oxygen atoms in total. The van der Waals surface area contributed by atoms with E-state index in [0.29, 0.717) is 11.8 Å². The van der Waals surface area contributed by atoms with Gasteiger partial charge in [0.2, 0.25) is 0 Å². The van der Waals surface area contributed by atoms with Crippen LogP contribution >= 0.6 is 7.41 Å². The summed E-state index contributed by atoms with van der Waals surface area (Å²) in [6.07, 6.45) is 28.9. The summed E-state index contributed by atoms with van der Waals surface area (Å²) in [6.45, 7) is 16.4. The smallest absolute Gasteiger partial charge is 0.123 e. The molecule has 0 heterocycles. The van der Waals surface area contributed by atoms with E-state index < -0.39 is 7.41 Å². The molecule has 218 valence electrons. The Morgan fingerprint density at radius 2 is 1.83 bits per heavy atom. The number of rotatable bonds is 11. The Morgan fingerprint density at radius 1 is 1.05 bits per heavy atom. The molecule has 2 aliphatic carbocycles. The van der Waals surface area contributed by atoms with Crippen molar-refractivity contribution in [1.82, 2.24) is 4.90 Å². The van der Waals surface area contributed by atoms with Crippen LogP contribution in [0.4, 0.5) is 5.69 Å². The van der Waals surface area contributed by atoms with Crippen LogP contribution in [0.15, 0.2) is 151 Å². The van der Waals surface area contributed by atoms with Crippen LogP contribution in [0.3, 0.4) is 0 Å². The first kappa shape index (κ1) is 31.3. The summed E-state index contributed by atoms with van der Waals surface area (Å²) >= 11 is 0. The molecule has 3 heteroatoms. The second-order valence-electron chi connectivity index (χ2n) is 12.0. The molecule has 0 amide bonds. The van der Waals surface area contributed by atoms with E-state index in [0.717, 1.165) is 24.2 Å². The predicted octanol–water partition coefficient (Wildman–Crippen LogP) is 10.4. The molecule has 4 rings (SSSR count). The van der Waals surface area contributed by atoms with Crippen molar-refractivity contribution in [2.45, 2.75) is 19.8 Å². The second kappa shape index (κ2) is 14.5. The summed E-state index contributed by atoms with van der Waals surface area (Å²) in [6, 6.07) is 15.2. The molecule has 2 bridgehead atoms. The van der Waals surface area contributed by atoms with Gasteiger partial charge in [0, 0.05) is 43.6 Å². The molecule has 2 aromatic carbocycles. The maximum atomic E-state index is 4.44. The zero-order valence-electron chi connectivity index (χ0n) is 26.2. The molecular formula is C39H48N2P+. The monoisotopic (exact) mass is 575 g/mol. The summed E-state index contributed by atoms with van der Waals surface area (Å²) < 4.78 is 2.47. The fourth-order valence-electron chi connectivity index (χ4n) is 5.60. The minimum Gasteiger partial charge on any atom is -0.374 e. The molecule has 3 unspecified atom stereocenters. The summed E-state index contributed by atoms with van der Waals surface area (Å²) in [5.41, 5.74) is 4.85. The highest BCUT2D eigenvalue weighted by Gasteiger charge is 2.30. The molecule has 2 aromatic rings. The summed E-state index contributed by atoms with van der Waals surface area (Å²) in [4.78, 5) is 2.37. The summed E-state index contributed by atoms with van der Waals surface area (Å²) in [7, 11) is 2.90. The van der Waals surface area contributed by atoms with Gasteiger partial charge < -0.3 is 4.90 Å². The van der Waals surface area contributed by atoms with Gasteiger partial charge in [-0.25, -0.2) is 4.67 Å². The fraction of sp³-hybridized carbons (Fsp3) is 0.282. The number of nitrogens with zero attached hydrogens (tertiary/aromatic N) is 2. The lowest BCUT2D eigenvalue weighted by Crippen LogP contribution is -2.28. The van der Waals surface area contributed by atoms with Gasteiger partial charge in [0.1, 0.15) is 7.41 Å². The molecule has 2 aliphatic rings. The molecule has 0 aromatic heterocycles. The predicted molar refractivity (Wildman–Crippen MR) is 190 cm³/mol. The highest BCUT2D eigenvalue weighted by molar-refractivity contribution is 7.78. The van der Waals surface area contributed by atoms with Crippen molar-refractivity contribution in [3.63, 3.8) is 0 Å². The highest BCUT2D eigenvalue weighted by Crippen LogP contribution is 2.58. The maximum absolute atomic E-state index is 4.44. The van der Waals surface area contributed by atoms with E-state index in [2.05, 4.69) is 172 Å². The van der Waals surface area contributed by atoms with Gasteiger partial charge in [-0.05, 0) is 59.6 Å². The van der Waals surface area contributed by atoms with Crippen LogP contribution in [-0.2, 0) is 0 Å². The molecule has 0 aliphatic heterocycles. The number of fused-ring (bicyclic) bond motifs is 2. The SMILES string of the molecule is C=C/C=C(\C=C/C(=C)C(C)/C=C\[P+](C)(C)N(C)c1cccc2ccccc12)N(C)CC1CC/C=C\C2=CC1C=CC=C2. The molecule has 0 saturated carbocycles. The van der Waals surface area contributed by atoms with Crippen molar-refractivity contribution in [2.24, 2.45) is 17.8 Å². The molecule has 42 heavy (non-hydrogen) atoms. The van der Waals surface area contributed by atoms with Crippen LogP contribution in [0.1, 0.15) is 19.8 Å². The third kappa shape index (κ3) is 8.02. The Kier molecular flexibility index (Phi) is 10.8. The van der Waals surface area contributed by atoms with E-state index in [4.69, 9.17) is 0 Å². The Hall–Kier alpha value is -3.61. The largest absolute Gasteiger partial charge is 0.374 e. The Labute approximate surface area is 255 Å². The molecule has 0 fully saturated rings. The van der Waals surface area contributed by atoms with E-state index in [1.807, 2.05) is 6.08 Å². The Morgan fingerprint density at radius 3 is 2.64 bits per heavy atom. The minimum atomic E-state index is -1.52. The first-order chi connectivity index (χ1) is 20.2. The highest BCUT2D eigenvalue weighted by atomic mass is 31.2. The van der Waals surface area contributed by atoms with Gasteiger partial charge in [-0.15, -0.1) is 0 Å². The lowest BCUT2D eigenvalue weighted by molar-refractivity contribution is 0.296. The molecule has 3 atom stereocenters. The number of allylic oxidation sites excluding steroid dienone is 14. The van der Waals surface area contributed by atoms with Crippen LogP contribution in [0, 0.1) is 17.8 Å². The average molecular weight is 576 g/mol. The van der Waals surface area contributed by atoms with E-state index in [1.54, 1.807) is 0 Å². The lowest BCUT2D eigenvalue weighted by atomic mass is 9.85. The third-order valence-corrected chi connectivity index (χ3v) is 11.3. The standard InChI is InChI=1S/C39H48N2P/c1-8-16-37(40(4)30-36-21-12-10-18-33-17-9-11-20-35(36)29-33)26-25-31(2)32(3)27-28-42(6,7)41(5)39-24-15-22-34-19-13-14-23-38(34)39/h8-11,13-20,22-29,32,35-36H,1-2,12,21,30H2,3-7H3/q+1/b18-10-,26-25-,28-27-,37-16+. The fourth-order valence-corrected chi connectivity index (χ4v) is 7.20. The normalized spacial score (nSPS) is 20.6. The van der Waals surface area contributed by atoms with Gasteiger partial charge in [-0.3, -0.25) is 0 Å². The van der Waals surface area contributed by atoms with Crippen molar-refractivity contribution in [3.05, 3.63) is 151 Å². The molecule has 0 N–H and O–H groups in total. The van der Waals surface area contributed by atoms with Crippen LogP contribution in [0.5, 0.6) is 0 Å². The lowest BCUT2D eigenvalue weighted by Gasteiger charge is -2.30. The Balaban J connectivity index is 1.41. The zero-order chi connectivity index (χ0) is 30.1. The summed E-state index contributed by atoms with van der Waals surface area (Å²) in [5.74, 6) is 3.64. The Bertz CT molecular complexity index is 1470. The van der Waals surface area contributed by atoms with Crippen LogP contribution in [0.2, 0.25) is 0 Å². The molecular weight excluding hydrogens is 527 g/mol. The van der Waals surface area contributed by atoms with Crippen molar-refractivity contribution in [1.29, 1.82) is 0 Å². The van der Waals surface area contributed by atoms with Gasteiger partial charge in [0.15, 0.2) is 0 Å². The number of hydrogen-bond acceptors (Lipinski definition) is 2. The zero-order valence-corrected chi connectivity index (χ0v) is 27.1. The molecule has 0 spiro atoms. The van der Waals surface area contributed by atoms with Crippen LogP contribution in [-0.4, -0.2) is 38.9 Å². The van der Waals surface area contributed by atoms with E-state index >= 15 is 0 Å². The van der Waals surface area contributed by atoms with Gasteiger partial charge in [-0.2, -0.15) is 0 Å². The van der Waals surface area contributed by atoms with Gasteiger partial charge in [0.25, 0.3) is 0 Å². The van der Waals surface area contributed by atoms with Crippen molar-refractivity contribution in [2.75, 3.05) is 38.6 Å². The first-order valence-corrected chi connectivity index (χ1v) is 17.8. The van der Waals surface area contributed by atoms with Gasteiger partial charge in [0.05, 0.1) is 24.8 Å². The minimum absolute atomic E-state index is 0.237. The third-order valence-electron chi connectivity index (χ3n) is 8.60. The number of hydrogen-bond donors (Lipinski definition) is 0.